The average Bonchev–Trinajstić information content (AvgIpc) is 2.37. The van der Waals surface area contributed by atoms with E-state index in [0.29, 0.717) is 12.1 Å². The zero-order valence-corrected chi connectivity index (χ0v) is 13.2. The average molecular weight is 293 g/mol. The van der Waals surface area contributed by atoms with Crippen molar-refractivity contribution in [3.05, 3.63) is 33.9 Å². The lowest BCUT2D eigenvalue weighted by molar-refractivity contribution is -0.384. The number of nitro groups is 1. The van der Waals surface area contributed by atoms with Crippen molar-refractivity contribution >= 4 is 17.3 Å². The number of nitrogens with one attached hydrogen (secondary N) is 2. The highest BCUT2D eigenvalue weighted by molar-refractivity contribution is 6.01. The molecule has 0 heterocycles. The van der Waals surface area contributed by atoms with Crippen LogP contribution in [-0.2, 0) is 0 Å². The maximum Gasteiger partial charge on any atom is 0.293 e. The van der Waals surface area contributed by atoms with E-state index in [9.17, 15) is 14.9 Å². The summed E-state index contributed by atoms with van der Waals surface area (Å²) in [6.45, 7) is 10.3. The van der Waals surface area contributed by atoms with Gasteiger partial charge >= 0.3 is 0 Å². The fraction of sp³-hybridized carbons (Fsp3) is 0.533. The molecule has 0 aliphatic rings. The third kappa shape index (κ3) is 4.18. The number of hydrogen-bond acceptors (Lipinski definition) is 4. The first-order valence-corrected chi connectivity index (χ1v) is 7.00. The Morgan fingerprint density at radius 3 is 2.48 bits per heavy atom. The molecule has 1 rings (SSSR count). The van der Waals surface area contributed by atoms with Crippen molar-refractivity contribution in [2.45, 2.75) is 40.7 Å². The summed E-state index contributed by atoms with van der Waals surface area (Å²) in [5.74, 6) is -0.308. The monoisotopic (exact) mass is 293 g/mol. The van der Waals surface area contributed by atoms with E-state index in [0.717, 1.165) is 0 Å². The van der Waals surface area contributed by atoms with Gasteiger partial charge in [0.1, 0.15) is 5.69 Å². The van der Waals surface area contributed by atoms with Crippen LogP contribution in [0.3, 0.4) is 0 Å². The van der Waals surface area contributed by atoms with Gasteiger partial charge in [0.05, 0.1) is 10.5 Å². The van der Waals surface area contributed by atoms with Crippen LogP contribution in [0.4, 0.5) is 11.4 Å². The highest BCUT2D eigenvalue weighted by Crippen LogP contribution is 2.28. The molecule has 6 heteroatoms. The summed E-state index contributed by atoms with van der Waals surface area (Å²) in [7, 11) is 0. The van der Waals surface area contributed by atoms with E-state index in [1.54, 1.807) is 6.07 Å². The molecule has 1 aromatic carbocycles. The van der Waals surface area contributed by atoms with Crippen molar-refractivity contribution < 1.29 is 9.72 Å². The number of carbonyl (C=O) groups is 1. The molecule has 0 radical (unpaired) electrons. The number of nitro benzene ring substituents is 1. The summed E-state index contributed by atoms with van der Waals surface area (Å²) >= 11 is 0. The first kappa shape index (κ1) is 16.9. The fourth-order valence-corrected chi connectivity index (χ4v) is 1.73. The molecule has 0 saturated carbocycles. The molecular formula is C15H23N3O3. The quantitative estimate of drug-likeness (QED) is 0.645. The van der Waals surface area contributed by atoms with E-state index in [1.165, 1.54) is 12.1 Å². The largest absolute Gasteiger partial charge is 0.379 e. The van der Waals surface area contributed by atoms with E-state index in [-0.39, 0.29) is 28.7 Å². The summed E-state index contributed by atoms with van der Waals surface area (Å²) in [6.07, 6.45) is 0. The van der Waals surface area contributed by atoms with Gasteiger partial charge in [0.25, 0.3) is 11.6 Å². The van der Waals surface area contributed by atoms with Crippen LogP contribution in [0.1, 0.15) is 45.0 Å². The molecule has 0 aliphatic heterocycles. The van der Waals surface area contributed by atoms with Crippen LogP contribution in [0.2, 0.25) is 0 Å². The van der Waals surface area contributed by atoms with Gasteiger partial charge in [-0.3, -0.25) is 14.9 Å². The molecule has 21 heavy (non-hydrogen) atoms. The molecule has 1 amide bonds. The smallest absolute Gasteiger partial charge is 0.293 e. The topological polar surface area (TPSA) is 84.3 Å². The van der Waals surface area contributed by atoms with Crippen LogP contribution in [0.25, 0.3) is 0 Å². The van der Waals surface area contributed by atoms with Gasteiger partial charge < -0.3 is 10.6 Å². The highest BCUT2D eigenvalue weighted by atomic mass is 16.6. The van der Waals surface area contributed by atoms with Crippen LogP contribution < -0.4 is 10.6 Å². The molecule has 1 atom stereocenters. The van der Waals surface area contributed by atoms with Gasteiger partial charge in [-0.25, -0.2) is 0 Å². The lowest BCUT2D eigenvalue weighted by atomic mass is 9.88. The van der Waals surface area contributed by atoms with E-state index in [2.05, 4.69) is 10.6 Å². The van der Waals surface area contributed by atoms with Gasteiger partial charge in [-0.1, -0.05) is 26.8 Å². The lowest BCUT2D eigenvalue weighted by Crippen LogP contribution is -2.41. The number of para-hydroxylation sites is 1. The van der Waals surface area contributed by atoms with E-state index < -0.39 is 4.92 Å². The van der Waals surface area contributed by atoms with Gasteiger partial charge in [-0.15, -0.1) is 0 Å². The highest BCUT2D eigenvalue weighted by Gasteiger charge is 2.25. The van der Waals surface area contributed by atoms with Crippen LogP contribution >= 0.6 is 0 Å². The van der Waals surface area contributed by atoms with Crippen LogP contribution in [0.15, 0.2) is 18.2 Å². The van der Waals surface area contributed by atoms with Gasteiger partial charge in [-0.05, 0) is 25.3 Å². The molecule has 6 nitrogen and oxygen atoms in total. The second kappa shape index (κ2) is 6.56. The Balaban J connectivity index is 3.15. The molecule has 1 unspecified atom stereocenters. The van der Waals surface area contributed by atoms with Crippen molar-refractivity contribution in [1.82, 2.24) is 5.32 Å². The minimum atomic E-state index is -0.484. The van der Waals surface area contributed by atoms with E-state index in [4.69, 9.17) is 0 Å². The molecule has 0 fully saturated rings. The van der Waals surface area contributed by atoms with Crippen LogP contribution in [0, 0.1) is 15.5 Å². The number of carbonyl (C=O) groups excluding carboxylic acids is 1. The van der Waals surface area contributed by atoms with Gasteiger partial charge in [0.2, 0.25) is 0 Å². The second-order valence-corrected chi connectivity index (χ2v) is 6.05. The number of rotatable bonds is 5. The lowest BCUT2D eigenvalue weighted by Gasteiger charge is -2.28. The first-order chi connectivity index (χ1) is 9.68. The molecule has 0 spiro atoms. The predicted octanol–water partition coefficient (Wildman–Crippen LogP) is 3.19. The van der Waals surface area contributed by atoms with Crippen molar-refractivity contribution in [3.8, 4) is 0 Å². The van der Waals surface area contributed by atoms with Crippen LogP contribution in [-0.4, -0.2) is 23.4 Å². The second-order valence-electron chi connectivity index (χ2n) is 6.05. The number of nitrogens with zero attached hydrogens (tertiary/aromatic N) is 1. The van der Waals surface area contributed by atoms with Crippen molar-refractivity contribution in [1.29, 1.82) is 0 Å². The Morgan fingerprint density at radius 1 is 1.38 bits per heavy atom. The van der Waals surface area contributed by atoms with Gasteiger partial charge in [0.15, 0.2) is 0 Å². The SMILES string of the molecule is CCNc1c(C(=O)NC(C)C(C)(C)C)cccc1[N+](=O)[O-]. The zero-order chi connectivity index (χ0) is 16.2. The first-order valence-electron chi connectivity index (χ1n) is 7.00. The Hall–Kier alpha value is -2.11. The summed E-state index contributed by atoms with van der Waals surface area (Å²) in [4.78, 5) is 23.0. The van der Waals surface area contributed by atoms with Crippen molar-refractivity contribution in [3.63, 3.8) is 0 Å². The van der Waals surface area contributed by atoms with Gasteiger partial charge in [0, 0.05) is 18.7 Å². The molecule has 0 saturated heterocycles. The van der Waals surface area contributed by atoms with E-state index >= 15 is 0 Å². The molecule has 0 bridgehead atoms. The molecule has 0 aliphatic carbocycles. The molecule has 116 valence electrons. The minimum Gasteiger partial charge on any atom is -0.379 e. The summed E-state index contributed by atoms with van der Waals surface area (Å²) < 4.78 is 0. The number of amides is 1. The minimum absolute atomic E-state index is 0.0567. The molecule has 1 aromatic rings. The Labute approximate surface area is 125 Å². The maximum atomic E-state index is 12.4. The number of hydrogen-bond donors (Lipinski definition) is 2. The van der Waals surface area contributed by atoms with Gasteiger partial charge in [-0.2, -0.15) is 0 Å². The summed E-state index contributed by atoms with van der Waals surface area (Å²) in [5, 5.41) is 16.9. The Kier molecular flexibility index (Phi) is 5.29. The number of anilines is 1. The Bertz CT molecular complexity index is 535. The van der Waals surface area contributed by atoms with E-state index in [1.807, 2.05) is 34.6 Å². The van der Waals surface area contributed by atoms with Crippen LogP contribution in [0.5, 0.6) is 0 Å². The maximum absolute atomic E-state index is 12.4. The van der Waals surface area contributed by atoms with Crippen molar-refractivity contribution in [2.24, 2.45) is 5.41 Å². The Morgan fingerprint density at radius 2 is 2.00 bits per heavy atom. The molecular weight excluding hydrogens is 270 g/mol. The zero-order valence-electron chi connectivity index (χ0n) is 13.2. The fourth-order valence-electron chi connectivity index (χ4n) is 1.73. The summed E-state index contributed by atoms with van der Waals surface area (Å²) in [5.41, 5.74) is 0.382. The summed E-state index contributed by atoms with van der Waals surface area (Å²) in [6, 6.07) is 4.45. The number of benzene rings is 1. The molecule has 2 N–H and O–H groups in total. The standard InChI is InChI=1S/C15H23N3O3/c1-6-16-13-11(8-7-9-12(13)18(20)21)14(19)17-10(2)15(3,4)5/h7-10,16H,6H2,1-5H3,(H,17,19). The normalized spacial score (nSPS) is 12.6. The molecule has 0 aromatic heterocycles. The third-order valence-corrected chi connectivity index (χ3v) is 3.48. The third-order valence-electron chi connectivity index (χ3n) is 3.48. The van der Waals surface area contributed by atoms with Crippen molar-refractivity contribution in [2.75, 3.05) is 11.9 Å². The predicted molar refractivity (Wildman–Crippen MR) is 83.6 cm³/mol.